The van der Waals surface area contributed by atoms with Gasteiger partial charge in [0.1, 0.15) is 23.0 Å². The Morgan fingerprint density at radius 2 is 0.466 bits per heavy atom. The first-order valence-electron chi connectivity index (χ1n) is 27.8. The van der Waals surface area contributed by atoms with Crippen LogP contribution in [0.1, 0.15) is 230 Å². The zero-order valence-electron chi connectivity index (χ0n) is 45.3. The molecular weight excluding hydrogens is 1130 g/mol. The van der Waals surface area contributed by atoms with E-state index in [0.717, 1.165) is 74.4 Å². The van der Waals surface area contributed by atoms with Crippen LogP contribution in [-0.4, -0.2) is 0 Å². The Kier molecular flexibility index (Phi) is 46.0. The number of aryl methyl sites for hydroxylation is 4. The van der Waals surface area contributed by atoms with E-state index in [1.54, 1.807) is 0 Å². The quantitative estimate of drug-likeness (QED) is 0.0189. The largest absolute Gasteiger partial charge is 6.00 e. The summed E-state index contributed by atoms with van der Waals surface area (Å²) < 4.78 is 24.8. The summed E-state index contributed by atoms with van der Waals surface area (Å²) in [5.74, 6) is 3.17. The van der Waals surface area contributed by atoms with E-state index in [4.69, 9.17) is 66.2 Å². The summed E-state index contributed by atoms with van der Waals surface area (Å²) in [5.41, 5.74) is -1.05. The summed E-state index contributed by atoms with van der Waals surface area (Å²) in [6, 6.07) is 32.7. The molecular formula is C60H92MoO4P2S6. The van der Waals surface area contributed by atoms with Crippen molar-refractivity contribution in [3.05, 3.63) is 119 Å². The Morgan fingerprint density at radius 1 is 0.301 bits per heavy atom. The molecule has 0 radical (unpaired) electrons. The minimum atomic E-state index is -2.89. The third-order valence-corrected chi connectivity index (χ3v) is 16.4. The molecule has 0 saturated heterocycles. The minimum Gasteiger partial charge on any atom is -2.00 e. The van der Waals surface area contributed by atoms with Crippen LogP contribution in [0.2, 0.25) is 0 Å². The normalized spacial score (nSPS) is 11.0. The molecule has 0 fully saturated rings. The van der Waals surface area contributed by atoms with Gasteiger partial charge in [-0.3, -0.25) is 0 Å². The van der Waals surface area contributed by atoms with Gasteiger partial charge in [0.05, 0.1) is 0 Å². The Morgan fingerprint density at radius 3 is 0.658 bits per heavy atom. The number of hydrogen-bond acceptors (Lipinski definition) is 8. The minimum absolute atomic E-state index is 0. The maximum atomic E-state index is 6.20. The van der Waals surface area contributed by atoms with E-state index in [1.165, 1.54) is 176 Å². The zero-order valence-corrected chi connectivity index (χ0v) is 53.9. The molecule has 0 aliphatic carbocycles. The summed E-state index contributed by atoms with van der Waals surface area (Å²) in [4.78, 5) is 0. The van der Waals surface area contributed by atoms with Crippen LogP contribution in [0, 0.1) is 0 Å². The molecule has 73 heavy (non-hydrogen) atoms. The Balaban J connectivity index is 0.00000136. The number of rotatable bonds is 40. The van der Waals surface area contributed by atoms with Gasteiger partial charge in [-0.25, -0.2) is 0 Å². The second kappa shape index (κ2) is 46.4. The molecule has 13 heteroatoms. The van der Waals surface area contributed by atoms with Crippen molar-refractivity contribution in [3.8, 4) is 23.0 Å². The van der Waals surface area contributed by atoms with Gasteiger partial charge in [-0.2, -0.15) is 0 Å². The Hall–Kier alpha value is -0.532. The molecule has 0 aliphatic rings. The van der Waals surface area contributed by atoms with Gasteiger partial charge in [0.2, 0.25) is 0 Å². The van der Waals surface area contributed by atoms with Crippen molar-refractivity contribution < 1.29 is 39.2 Å². The average molecular weight is 1230 g/mol. The van der Waals surface area contributed by atoms with Crippen LogP contribution in [0.25, 0.3) is 0 Å². The van der Waals surface area contributed by atoms with Crippen LogP contribution in [0.3, 0.4) is 0 Å². The van der Waals surface area contributed by atoms with Gasteiger partial charge in [-0.1, -0.05) is 255 Å². The number of hydrogen-bond donors (Lipinski definition) is 0. The van der Waals surface area contributed by atoms with Crippen LogP contribution >= 0.6 is 11.4 Å². The molecule has 0 amide bonds. The van der Waals surface area contributed by atoms with Crippen molar-refractivity contribution in [1.82, 2.24) is 0 Å². The molecule has 0 aromatic heterocycles. The maximum absolute atomic E-state index is 6.20. The first-order chi connectivity index (χ1) is 34.1. The summed E-state index contributed by atoms with van der Waals surface area (Å²) in [5, 5.41) is 0. The number of benzene rings is 4. The molecule has 0 heterocycles. The van der Waals surface area contributed by atoms with Crippen LogP contribution < -0.4 is 18.1 Å². The molecule has 4 aromatic rings. The summed E-state index contributed by atoms with van der Waals surface area (Å²) in [6.45, 7) is 9.04. The van der Waals surface area contributed by atoms with Crippen LogP contribution in [0.5, 0.6) is 23.0 Å². The summed E-state index contributed by atoms with van der Waals surface area (Å²) in [7, 11) is 0. The van der Waals surface area contributed by atoms with E-state index in [9.17, 15) is 0 Å². The maximum Gasteiger partial charge on any atom is 6.00 e. The SMILES string of the molecule is CCCCCCCCCc1ccccc1OP(=S)([S-])Oc1ccccc1CCCCCCCCC.CCCCCCCCCc1ccccc1OP(=S)([S-])Oc1ccccc1CCCCCCCCC.[Mo+6].[S-2].[S-2]. The molecule has 4 nitrogen and oxygen atoms in total. The predicted molar refractivity (Wildman–Crippen MR) is 333 cm³/mol. The van der Waals surface area contributed by atoms with E-state index >= 15 is 0 Å². The van der Waals surface area contributed by atoms with Gasteiger partial charge >= 0.3 is 21.1 Å². The predicted octanol–water partition coefficient (Wildman–Crippen LogP) is 21.0. The number of para-hydroxylation sites is 4. The van der Waals surface area contributed by atoms with E-state index in [2.05, 4.69) is 76.2 Å². The molecule has 0 saturated carbocycles. The van der Waals surface area contributed by atoms with Crippen molar-refractivity contribution in [2.24, 2.45) is 0 Å². The van der Waals surface area contributed by atoms with E-state index in [1.807, 2.05) is 48.5 Å². The average Bonchev–Trinajstić information content (AvgIpc) is 3.34. The van der Waals surface area contributed by atoms with Crippen molar-refractivity contribution in [1.29, 1.82) is 0 Å². The second-order valence-electron chi connectivity index (χ2n) is 19.2. The first kappa shape index (κ1) is 72.5. The van der Waals surface area contributed by atoms with Crippen LogP contribution in [0.15, 0.2) is 97.1 Å². The third kappa shape index (κ3) is 34.9. The summed E-state index contributed by atoms with van der Waals surface area (Å²) >= 11 is 22.8. The van der Waals surface area contributed by atoms with Gasteiger partial charge in [0.15, 0.2) is 11.4 Å². The third-order valence-electron chi connectivity index (χ3n) is 12.9. The molecule has 0 unspecified atom stereocenters. The standard InChI is InChI=1S/2C30H47O2PS2.Mo.2S/c2*1-3-5-7-9-11-13-15-21-27-23-17-19-25-29(27)31-33(34,35)32-30-26-20-18-24-28(30)22-16-14-12-10-8-6-4-2;;;/h2*17-20,23-26H,3-16,21-22H2,1-2H3,(H,34,35);;;/q;;+6;2*-2/p-2. The van der Waals surface area contributed by atoms with Crippen molar-refractivity contribution >= 4 is 86.5 Å². The fourth-order valence-electron chi connectivity index (χ4n) is 8.81. The second-order valence-corrected chi connectivity index (χ2v) is 28.9. The topological polar surface area (TPSA) is 36.9 Å². The van der Waals surface area contributed by atoms with Gasteiger partial charge in [0.25, 0.3) is 0 Å². The fourth-order valence-corrected chi connectivity index (χ4v) is 12.5. The van der Waals surface area contributed by atoms with Crippen LogP contribution in [-0.2, 0) is 122 Å². The molecule has 0 spiro atoms. The molecule has 0 N–H and O–H groups in total. The van der Waals surface area contributed by atoms with Gasteiger partial charge in [0, 0.05) is 0 Å². The smallest absolute Gasteiger partial charge is 2.00 e. The van der Waals surface area contributed by atoms with Crippen molar-refractivity contribution in [2.75, 3.05) is 0 Å². The van der Waals surface area contributed by atoms with Gasteiger partial charge in [-0.15, -0.1) is 0 Å². The van der Waals surface area contributed by atoms with Crippen molar-refractivity contribution in [3.63, 3.8) is 0 Å². The Bertz CT molecular complexity index is 1770. The van der Waals surface area contributed by atoms with E-state index in [-0.39, 0.29) is 48.1 Å². The summed E-state index contributed by atoms with van der Waals surface area (Å²) in [6.07, 6.45) is 40.2. The molecule has 0 bridgehead atoms. The van der Waals surface area contributed by atoms with Crippen LogP contribution in [0.4, 0.5) is 0 Å². The number of unbranched alkanes of at least 4 members (excludes halogenated alkanes) is 24. The fraction of sp³-hybridized carbons (Fsp3) is 0.600. The van der Waals surface area contributed by atoms with E-state index < -0.39 is 11.4 Å². The van der Waals surface area contributed by atoms with E-state index in [0.29, 0.717) is 0 Å². The first-order valence-corrected chi connectivity index (χ1v) is 35.1. The van der Waals surface area contributed by atoms with Gasteiger partial charge in [-0.05, 0) is 121 Å². The molecule has 4 rings (SSSR count). The van der Waals surface area contributed by atoms with Gasteiger partial charge < -0.3 is 69.6 Å². The molecule has 0 atom stereocenters. The molecule has 0 aliphatic heterocycles. The Labute approximate surface area is 496 Å². The zero-order chi connectivity index (χ0) is 50.4. The monoisotopic (exact) mass is 1230 g/mol. The van der Waals surface area contributed by atoms with Crippen molar-refractivity contribution in [2.45, 2.75) is 233 Å². The molecule has 4 aromatic carbocycles. The molecule has 408 valence electrons.